The van der Waals surface area contributed by atoms with Crippen LogP contribution in [0.25, 0.3) is 0 Å². The maximum absolute atomic E-state index is 11.6. The van der Waals surface area contributed by atoms with E-state index in [1.807, 2.05) is 20.8 Å². The van der Waals surface area contributed by atoms with Gasteiger partial charge in [-0.2, -0.15) is 0 Å². The molecule has 3 heteroatoms. The molecule has 0 radical (unpaired) electrons. The minimum Gasteiger partial charge on any atom is -0.444 e. The number of carbonyl (C=O) groups excluding carboxylic acids is 1. The third-order valence-corrected chi connectivity index (χ3v) is 3.00. The Bertz CT molecular complexity index is 278. The summed E-state index contributed by atoms with van der Waals surface area (Å²) >= 11 is 0. The second-order valence-electron chi connectivity index (χ2n) is 5.67. The largest absolute Gasteiger partial charge is 0.444 e. The predicted molar refractivity (Wildman–Crippen MR) is 65.2 cm³/mol. The van der Waals surface area contributed by atoms with Gasteiger partial charge in [0, 0.05) is 0 Å². The summed E-state index contributed by atoms with van der Waals surface area (Å²) in [4.78, 5) is 11.6. The predicted octanol–water partition coefficient (Wildman–Crippen LogP) is 3.11. The molecule has 0 spiro atoms. The van der Waals surface area contributed by atoms with Crippen molar-refractivity contribution in [2.75, 3.05) is 0 Å². The topological polar surface area (TPSA) is 38.3 Å². The number of nitrogens with one attached hydrogen (secondary N) is 1. The smallest absolute Gasteiger partial charge is 0.408 e. The average molecular weight is 225 g/mol. The van der Waals surface area contributed by atoms with Crippen molar-refractivity contribution in [1.29, 1.82) is 0 Å². The maximum Gasteiger partial charge on any atom is 0.408 e. The Balaban J connectivity index is 2.51. The summed E-state index contributed by atoms with van der Waals surface area (Å²) in [6.45, 7) is 9.98. The van der Waals surface area contributed by atoms with Crippen LogP contribution in [0.1, 0.15) is 41.0 Å². The summed E-state index contributed by atoms with van der Waals surface area (Å²) < 4.78 is 5.24. The number of hydrogen-bond donors (Lipinski definition) is 1. The fourth-order valence-electron chi connectivity index (χ4n) is 1.81. The Kier molecular flexibility index (Phi) is 4.00. The van der Waals surface area contributed by atoms with Gasteiger partial charge in [-0.15, -0.1) is 0 Å². The number of carbonyl (C=O) groups is 1. The van der Waals surface area contributed by atoms with Crippen molar-refractivity contribution in [2.24, 2.45) is 11.8 Å². The molecule has 0 aromatic carbocycles. The lowest BCUT2D eigenvalue weighted by Crippen LogP contribution is -2.43. The van der Waals surface area contributed by atoms with E-state index < -0.39 is 5.60 Å². The van der Waals surface area contributed by atoms with E-state index in [9.17, 15) is 4.79 Å². The fourth-order valence-corrected chi connectivity index (χ4v) is 1.81. The van der Waals surface area contributed by atoms with Crippen LogP contribution < -0.4 is 5.32 Å². The van der Waals surface area contributed by atoms with Gasteiger partial charge in [0.25, 0.3) is 0 Å². The van der Waals surface area contributed by atoms with Gasteiger partial charge in [0.05, 0.1) is 6.04 Å². The third kappa shape index (κ3) is 3.87. The van der Waals surface area contributed by atoms with Gasteiger partial charge in [0.2, 0.25) is 0 Å². The van der Waals surface area contributed by atoms with Crippen LogP contribution >= 0.6 is 0 Å². The molecule has 0 saturated heterocycles. The summed E-state index contributed by atoms with van der Waals surface area (Å²) in [6, 6.07) is 0.0959. The summed E-state index contributed by atoms with van der Waals surface area (Å²) in [5.74, 6) is 1.06. The molecule has 0 fully saturated rings. The van der Waals surface area contributed by atoms with Crippen molar-refractivity contribution in [3.63, 3.8) is 0 Å². The number of alkyl carbamates (subject to hydrolysis) is 1. The lowest BCUT2D eigenvalue weighted by atomic mass is 9.82. The van der Waals surface area contributed by atoms with Crippen LogP contribution in [0.5, 0.6) is 0 Å². The van der Waals surface area contributed by atoms with Crippen LogP contribution in [-0.2, 0) is 4.74 Å². The molecule has 1 aliphatic rings. The highest BCUT2D eigenvalue weighted by atomic mass is 16.6. The van der Waals surface area contributed by atoms with Gasteiger partial charge in [0.15, 0.2) is 0 Å². The van der Waals surface area contributed by atoms with E-state index in [1.165, 1.54) is 0 Å². The summed E-state index contributed by atoms with van der Waals surface area (Å²) in [7, 11) is 0. The molecular formula is C13H23NO2. The molecule has 92 valence electrons. The van der Waals surface area contributed by atoms with Gasteiger partial charge in [-0.3, -0.25) is 0 Å². The molecule has 1 aliphatic carbocycles. The highest BCUT2D eigenvalue weighted by Gasteiger charge is 2.26. The van der Waals surface area contributed by atoms with Crippen molar-refractivity contribution in [2.45, 2.75) is 52.7 Å². The lowest BCUT2D eigenvalue weighted by Gasteiger charge is -2.31. The highest BCUT2D eigenvalue weighted by Crippen LogP contribution is 2.24. The molecule has 3 atom stereocenters. The first-order valence-electron chi connectivity index (χ1n) is 5.96. The van der Waals surface area contributed by atoms with Gasteiger partial charge in [0.1, 0.15) is 5.60 Å². The Labute approximate surface area is 98.2 Å². The SMILES string of the molecule is CC1CC=CC(NC(=O)OC(C)(C)C)C1C. The molecule has 0 aromatic heterocycles. The van der Waals surface area contributed by atoms with E-state index in [4.69, 9.17) is 4.74 Å². The number of ether oxygens (including phenoxy) is 1. The molecule has 16 heavy (non-hydrogen) atoms. The van der Waals surface area contributed by atoms with Crippen LogP contribution in [0.3, 0.4) is 0 Å². The van der Waals surface area contributed by atoms with E-state index in [2.05, 4.69) is 31.3 Å². The van der Waals surface area contributed by atoms with Gasteiger partial charge in [-0.25, -0.2) is 4.79 Å². The molecule has 1 N–H and O–H groups in total. The number of amides is 1. The quantitative estimate of drug-likeness (QED) is 0.696. The van der Waals surface area contributed by atoms with Gasteiger partial charge < -0.3 is 10.1 Å². The Morgan fingerprint density at radius 2 is 2.00 bits per heavy atom. The molecule has 0 aromatic rings. The van der Waals surface area contributed by atoms with Gasteiger partial charge in [-0.05, 0) is 39.0 Å². The zero-order valence-electron chi connectivity index (χ0n) is 10.9. The standard InChI is InChI=1S/C13H23NO2/c1-9-7-6-8-11(10(9)2)14-12(15)16-13(3,4)5/h6,8-11H,7H2,1-5H3,(H,14,15). The van der Waals surface area contributed by atoms with Crippen LogP contribution in [0.4, 0.5) is 4.79 Å². The van der Waals surface area contributed by atoms with E-state index in [1.54, 1.807) is 0 Å². The monoisotopic (exact) mass is 225 g/mol. The number of allylic oxidation sites excluding steroid dienone is 1. The Hall–Kier alpha value is -0.990. The normalized spacial score (nSPS) is 29.9. The first kappa shape index (κ1) is 13.1. The summed E-state index contributed by atoms with van der Waals surface area (Å²) in [6.07, 6.45) is 4.96. The molecule has 1 rings (SSSR count). The van der Waals surface area contributed by atoms with Gasteiger partial charge in [-0.1, -0.05) is 26.0 Å². The van der Waals surface area contributed by atoms with Crippen LogP contribution in [-0.4, -0.2) is 17.7 Å². The van der Waals surface area contributed by atoms with Crippen LogP contribution in [0.2, 0.25) is 0 Å². The second kappa shape index (κ2) is 4.89. The molecule has 0 bridgehead atoms. The van der Waals surface area contributed by atoms with Crippen LogP contribution in [0, 0.1) is 11.8 Å². The summed E-state index contributed by atoms with van der Waals surface area (Å²) in [5, 5.41) is 2.91. The zero-order valence-corrected chi connectivity index (χ0v) is 10.9. The summed E-state index contributed by atoms with van der Waals surface area (Å²) in [5.41, 5.74) is -0.433. The third-order valence-electron chi connectivity index (χ3n) is 3.00. The van der Waals surface area contributed by atoms with Crippen LogP contribution in [0.15, 0.2) is 12.2 Å². The molecule has 0 saturated carbocycles. The molecule has 0 aliphatic heterocycles. The van der Waals surface area contributed by atoms with E-state index in [0.29, 0.717) is 11.8 Å². The van der Waals surface area contributed by atoms with Crippen molar-refractivity contribution in [1.82, 2.24) is 5.32 Å². The first-order chi connectivity index (χ1) is 7.29. The molecule has 1 amide bonds. The first-order valence-corrected chi connectivity index (χ1v) is 5.96. The zero-order chi connectivity index (χ0) is 12.3. The molecule has 0 heterocycles. The fraction of sp³-hybridized carbons (Fsp3) is 0.769. The lowest BCUT2D eigenvalue weighted by molar-refractivity contribution is 0.0492. The Morgan fingerprint density at radius 3 is 2.56 bits per heavy atom. The number of rotatable bonds is 1. The minimum absolute atomic E-state index is 0.0959. The molecular weight excluding hydrogens is 202 g/mol. The van der Waals surface area contributed by atoms with E-state index >= 15 is 0 Å². The minimum atomic E-state index is -0.433. The second-order valence-corrected chi connectivity index (χ2v) is 5.67. The van der Waals surface area contributed by atoms with Gasteiger partial charge >= 0.3 is 6.09 Å². The van der Waals surface area contributed by atoms with Crippen molar-refractivity contribution in [3.8, 4) is 0 Å². The van der Waals surface area contributed by atoms with Crippen molar-refractivity contribution >= 4 is 6.09 Å². The molecule has 3 nitrogen and oxygen atoms in total. The molecule has 3 unspecified atom stereocenters. The Morgan fingerprint density at radius 1 is 1.38 bits per heavy atom. The van der Waals surface area contributed by atoms with E-state index in [-0.39, 0.29) is 12.1 Å². The van der Waals surface area contributed by atoms with E-state index in [0.717, 1.165) is 6.42 Å². The highest BCUT2D eigenvalue weighted by molar-refractivity contribution is 5.68. The average Bonchev–Trinajstić information content (AvgIpc) is 2.09. The maximum atomic E-state index is 11.6. The van der Waals surface area contributed by atoms with Crippen molar-refractivity contribution in [3.05, 3.63) is 12.2 Å². The number of hydrogen-bond acceptors (Lipinski definition) is 2. The van der Waals surface area contributed by atoms with Crippen molar-refractivity contribution < 1.29 is 9.53 Å².